The molecule has 0 bridgehead atoms. The Morgan fingerprint density at radius 1 is 1.15 bits per heavy atom. The van der Waals surface area contributed by atoms with Crippen LogP contribution in [0.2, 0.25) is 0 Å². The van der Waals surface area contributed by atoms with Crippen LogP contribution in [0.3, 0.4) is 0 Å². The van der Waals surface area contributed by atoms with Gasteiger partial charge in [-0.25, -0.2) is 0 Å². The number of nitrogens with zero attached hydrogens (tertiary/aromatic N) is 4. The highest BCUT2D eigenvalue weighted by Gasteiger charge is 2.32. The number of benzene rings is 1. The van der Waals surface area contributed by atoms with Crippen LogP contribution in [0.1, 0.15) is 21.5 Å². The van der Waals surface area contributed by atoms with Crippen LogP contribution >= 0.6 is 0 Å². The van der Waals surface area contributed by atoms with E-state index in [2.05, 4.69) is 15.3 Å². The zero-order chi connectivity index (χ0) is 24.5. The lowest BCUT2D eigenvalue weighted by Crippen LogP contribution is -2.54. The van der Waals surface area contributed by atoms with Crippen LogP contribution in [0.15, 0.2) is 55.1 Å². The number of aryl methyl sites for hydroxylation is 1. The van der Waals surface area contributed by atoms with Crippen molar-refractivity contribution in [3.05, 3.63) is 81.9 Å². The Hall–Kier alpha value is -4.22. The smallest absolute Gasteiger partial charge is 0.417 e. The number of carbonyl (C=O) groups excluding carboxylic acids is 1. The molecule has 0 spiro atoms. The van der Waals surface area contributed by atoms with Gasteiger partial charge in [0.1, 0.15) is 18.1 Å². The average Bonchev–Trinajstić information content (AvgIpc) is 2.76. The first-order chi connectivity index (χ1) is 16.1. The molecule has 1 fully saturated rings. The summed E-state index contributed by atoms with van der Waals surface area (Å²) in [6, 6.07) is 7.09. The fourth-order valence-electron chi connectivity index (χ4n) is 3.43. The normalized spacial score (nSPS) is 13.8. The number of hydrogen-bond acceptors (Lipinski definition) is 7. The molecule has 4 rings (SSSR count). The summed E-state index contributed by atoms with van der Waals surface area (Å²) in [7, 11) is 0. The maximum atomic E-state index is 12.9. The molecule has 0 unspecified atom stereocenters. The molecule has 0 saturated carbocycles. The fourth-order valence-corrected chi connectivity index (χ4v) is 3.43. The van der Waals surface area contributed by atoms with E-state index in [1.165, 1.54) is 12.3 Å². The SMILES string of the molecule is Cc1ccc(C(=O)Nc2cncc(C(F)(F)F)c2)cc1N1CC(Oc2cncc([N+](=O)[O-])c2)C1. The minimum Gasteiger partial charge on any atom is -0.485 e. The zero-order valence-electron chi connectivity index (χ0n) is 17.7. The van der Waals surface area contributed by atoms with Gasteiger partial charge in [0.15, 0.2) is 0 Å². The van der Waals surface area contributed by atoms with E-state index in [9.17, 15) is 28.1 Å². The molecule has 12 heteroatoms. The van der Waals surface area contributed by atoms with E-state index in [1.54, 1.807) is 18.2 Å². The van der Waals surface area contributed by atoms with Gasteiger partial charge in [0.05, 0.1) is 47.7 Å². The van der Waals surface area contributed by atoms with Crippen molar-refractivity contribution in [2.24, 2.45) is 0 Å². The number of pyridine rings is 2. The number of amides is 1. The van der Waals surface area contributed by atoms with E-state index in [-0.39, 0.29) is 23.0 Å². The summed E-state index contributed by atoms with van der Waals surface area (Å²) in [6.07, 6.45) is -0.434. The Morgan fingerprint density at radius 2 is 1.88 bits per heavy atom. The number of nitro groups is 1. The first-order valence-corrected chi connectivity index (χ1v) is 10.1. The standard InChI is InChI=1S/C22H18F3N5O4/c1-13-2-3-14(21(31)28-16-5-15(7-26-8-16)22(23,24)25)4-20(13)29-11-19(12-29)34-18-6-17(30(32)33)9-27-10-18/h2-10,19H,11-12H2,1H3,(H,28,31). The van der Waals surface area contributed by atoms with Crippen molar-refractivity contribution in [2.75, 3.05) is 23.3 Å². The zero-order valence-corrected chi connectivity index (χ0v) is 17.7. The van der Waals surface area contributed by atoms with Crippen LogP contribution in [-0.4, -0.2) is 40.0 Å². The summed E-state index contributed by atoms with van der Waals surface area (Å²) in [4.78, 5) is 32.3. The second kappa shape index (κ2) is 8.96. The van der Waals surface area contributed by atoms with Crippen LogP contribution in [0.25, 0.3) is 0 Å². The van der Waals surface area contributed by atoms with E-state index in [4.69, 9.17) is 4.74 Å². The number of rotatable bonds is 6. The molecule has 34 heavy (non-hydrogen) atoms. The van der Waals surface area contributed by atoms with Gasteiger partial charge in [-0.3, -0.25) is 24.9 Å². The maximum absolute atomic E-state index is 12.9. The van der Waals surface area contributed by atoms with E-state index in [0.29, 0.717) is 25.0 Å². The number of carbonyl (C=O) groups is 1. The number of nitrogens with one attached hydrogen (secondary N) is 1. The van der Waals surface area contributed by atoms with Crippen molar-refractivity contribution in [1.82, 2.24) is 9.97 Å². The van der Waals surface area contributed by atoms with Gasteiger partial charge >= 0.3 is 6.18 Å². The monoisotopic (exact) mass is 473 g/mol. The molecule has 0 aliphatic carbocycles. The third kappa shape index (κ3) is 5.05. The third-order valence-corrected chi connectivity index (χ3v) is 5.20. The second-order valence-corrected chi connectivity index (χ2v) is 7.70. The number of anilines is 2. The topological polar surface area (TPSA) is 110 Å². The van der Waals surface area contributed by atoms with Crippen molar-refractivity contribution < 1.29 is 27.6 Å². The fraction of sp³-hybridized carbons (Fsp3) is 0.227. The minimum absolute atomic E-state index is 0.0649. The van der Waals surface area contributed by atoms with Gasteiger partial charge in [-0.05, 0) is 30.7 Å². The van der Waals surface area contributed by atoms with Crippen molar-refractivity contribution in [3.8, 4) is 5.75 Å². The lowest BCUT2D eigenvalue weighted by Gasteiger charge is -2.41. The molecule has 3 aromatic rings. The number of ether oxygens (including phenoxy) is 1. The number of alkyl halides is 3. The summed E-state index contributed by atoms with van der Waals surface area (Å²) < 4.78 is 44.4. The summed E-state index contributed by atoms with van der Waals surface area (Å²) in [5, 5.41) is 13.3. The van der Waals surface area contributed by atoms with Crippen LogP contribution in [0.4, 0.5) is 30.2 Å². The Balaban J connectivity index is 1.42. The minimum atomic E-state index is -4.57. The van der Waals surface area contributed by atoms with Crippen molar-refractivity contribution in [1.29, 1.82) is 0 Å². The van der Waals surface area contributed by atoms with Crippen LogP contribution in [0.5, 0.6) is 5.75 Å². The molecule has 176 valence electrons. The largest absolute Gasteiger partial charge is 0.485 e. The van der Waals surface area contributed by atoms with Gasteiger partial charge in [0, 0.05) is 17.4 Å². The molecule has 1 saturated heterocycles. The Bertz CT molecular complexity index is 1250. The molecule has 3 heterocycles. The molecular formula is C22H18F3N5O4. The van der Waals surface area contributed by atoms with Crippen molar-refractivity contribution >= 4 is 23.0 Å². The van der Waals surface area contributed by atoms with Crippen LogP contribution < -0.4 is 15.0 Å². The molecule has 9 nitrogen and oxygen atoms in total. The molecule has 1 aliphatic rings. The highest BCUT2D eigenvalue weighted by molar-refractivity contribution is 6.05. The van der Waals surface area contributed by atoms with Gasteiger partial charge < -0.3 is 15.0 Å². The third-order valence-electron chi connectivity index (χ3n) is 5.20. The van der Waals surface area contributed by atoms with E-state index in [1.807, 2.05) is 11.8 Å². The first-order valence-electron chi connectivity index (χ1n) is 10.1. The second-order valence-electron chi connectivity index (χ2n) is 7.70. The molecule has 2 aromatic heterocycles. The predicted molar refractivity (Wildman–Crippen MR) is 116 cm³/mol. The molecular weight excluding hydrogens is 455 g/mol. The molecule has 1 N–H and O–H groups in total. The lowest BCUT2D eigenvalue weighted by atomic mass is 10.0. The average molecular weight is 473 g/mol. The van der Waals surface area contributed by atoms with E-state index in [0.717, 1.165) is 29.7 Å². The van der Waals surface area contributed by atoms with Gasteiger partial charge in [0.2, 0.25) is 0 Å². The molecule has 1 aliphatic heterocycles. The highest BCUT2D eigenvalue weighted by atomic mass is 19.4. The summed E-state index contributed by atoms with van der Waals surface area (Å²) >= 11 is 0. The highest BCUT2D eigenvalue weighted by Crippen LogP contribution is 2.31. The van der Waals surface area contributed by atoms with Crippen molar-refractivity contribution in [3.63, 3.8) is 0 Å². The lowest BCUT2D eigenvalue weighted by molar-refractivity contribution is -0.385. The first kappa shape index (κ1) is 23.0. The van der Waals surface area contributed by atoms with Gasteiger partial charge in [-0.2, -0.15) is 13.2 Å². The Kier molecular flexibility index (Phi) is 6.05. The molecule has 0 atom stereocenters. The number of aromatic nitrogens is 2. The molecule has 0 radical (unpaired) electrons. The van der Waals surface area contributed by atoms with E-state index < -0.39 is 22.6 Å². The summed E-state index contributed by atoms with van der Waals surface area (Å²) in [5.41, 5.74) is 0.745. The molecule has 1 amide bonds. The predicted octanol–water partition coefficient (Wildman–Crippen LogP) is 4.23. The Labute approximate surface area is 191 Å². The van der Waals surface area contributed by atoms with Gasteiger partial charge in [-0.15, -0.1) is 0 Å². The van der Waals surface area contributed by atoms with Gasteiger partial charge in [-0.1, -0.05) is 6.07 Å². The van der Waals surface area contributed by atoms with Crippen molar-refractivity contribution in [2.45, 2.75) is 19.2 Å². The summed E-state index contributed by atoms with van der Waals surface area (Å²) in [5.74, 6) is -0.281. The Morgan fingerprint density at radius 3 is 2.59 bits per heavy atom. The van der Waals surface area contributed by atoms with Crippen LogP contribution in [0, 0.1) is 17.0 Å². The maximum Gasteiger partial charge on any atom is 0.417 e. The van der Waals surface area contributed by atoms with E-state index >= 15 is 0 Å². The quantitative estimate of drug-likeness (QED) is 0.421. The van der Waals surface area contributed by atoms with Gasteiger partial charge in [0.25, 0.3) is 11.6 Å². The number of hydrogen-bond donors (Lipinski definition) is 1. The molecule has 1 aromatic carbocycles. The number of halogens is 3. The summed E-state index contributed by atoms with van der Waals surface area (Å²) in [6.45, 7) is 2.82. The van der Waals surface area contributed by atoms with Crippen LogP contribution in [-0.2, 0) is 6.18 Å².